The molecule has 0 amide bonds. The molecule has 12 rings (SSSR count). The zero-order valence-electron chi connectivity index (χ0n) is 33.4. The Balaban J connectivity index is 1.05. The summed E-state index contributed by atoms with van der Waals surface area (Å²) < 4.78 is 6.95. The van der Waals surface area contributed by atoms with E-state index >= 15 is 0 Å². The molecule has 1 aromatic heterocycles. The van der Waals surface area contributed by atoms with E-state index in [9.17, 15) is 0 Å². The third kappa shape index (κ3) is 5.50. The third-order valence-corrected chi connectivity index (χ3v) is 12.7. The number of nitrogens with zero attached hydrogens (tertiary/aromatic N) is 1. The van der Waals surface area contributed by atoms with Gasteiger partial charge in [0.2, 0.25) is 0 Å². The number of anilines is 3. The van der Waals surface area contributed by atoms with Gasteiger partial charge in [-0.15, -0.1) is 0 Å². The van der Waals surface area contributed by atoms with E-state index in [1.165, 1.54) is 61.0 Å². The SMILES string of the molecule is c1ccc(-c2cccc(-c3cc4c5ccc(N(c6ccccc6)c6ccc7c(c6)C(c6ccccc6)(c6ccccc6)c6ccccc6-7)cc5oc4c4ccccc34)c2)cc1. The Bertz CT molecular complexity index is 3370. The molecule has 0 saturated heterocycles. The van der Waals surface area contributed by atoms with Crippen LogP contribution in [0.25, 0.3) is 66.1 Å². The highest BCUT2D eigenvalue weighted by Gasteiger charge is 2.46. The van der Waals surface area contributed by atoms with Crippen LogP contribution in [0.4, 0.5) is 17.1 Å². The van der Waals surface area contributed by atoms with Crippen LogP contribution < -0.4 is 4.90 Å². The Morgan fingerprint density at radius 1 is 0.311 bits per heavy atom. The lowest BCUT2D eigenvalue weighted by Gasteiger charge is -2.35. The van der Waals surface area contributed by atoms with E-state index in [0.29, 0.717) is 0 Å². The topological polar surface area (TPSA) is 16.4 Å². The second-order valence-corrected chi connectivity index (χ2v) is 16.0. The van der Waals surface area contributed by atoms with Gasteiger partial charge >= 0.3 is 0 Å². The fourth-order valence-electron chi connectivity index (χ4n) is 10.1. The van der Waals surface area contributed by atoms with Gasteiger partial charge in [0.15, 0.2) is 0 Å². The Labute approximate surface area is 355 Å². The van der Waals surface area contributed by atoms with E-state index in [2.05, 4.69) is 241 Å². The largest absolute Gasteiger partial charge is 0.455 e. The second-order valence-electron chi connectivity index (χ2n) is 16.0. The summed E-state index contributed by atoms with van der Waals surface area (Å²) >= 11 is 0. The van der Waals surface area contributed by atoms with Crippen molar-refractivity contribution in [2.45, 2.75) is 5.41 Å². The summed E-state index contributed by atoms with van der Waals surface area (Å²) in [7, 11) is 0. The van der Waals surface area contributed by atoms with E-state index in [4.69, 9.17) is 4.42 Å². The van der Waals surface area contributed by atoms with Gasteiger partial charge in [-0.3, -0.25) is 0 Å². The molecular formula is C59H39NO. The number of fused-ring (bicyclic) bond motifs is 8. The van der Waals surface area contributed by atoms with Crippen LogP contribution in [-0.2, 0) is 5.41 Å². The molecule has 0 aliphatic heterocycles. The fraction of sp³-hybridized carbons (Fsp3) is 0.0169. The monoisotopic (exact) mass is 777 g/mol. The maximum absolute atomic E-state index is 6.95. The van der Waals surface area contributed by atoms with Crippen molar-refractivity contribution in [2.24, 2.45) is 0 Å². The van der Waals surface area contributed by atoms with Crippen LogP contribution in [0.3, 0.4) is 0 Å². The maximum Gasteiger partial charge on any atom is 0.143 e. The molecule has 0 spiro atoms. The van der Waals surface area contributed by atoms with Gasteiger partial charge in [-0.05, 0) is 110 Å². The van der Waals surface area contributed by atoms with Gasteiger partial charge in [0.05, 0.1) is 5.41 Å². The number of para-hydroxylation sites is 1. The lowest BCUT2D eigenvalue weighted by molar-refractivity contribution is 0.673. The molecule has 0 bridgehead atoms. The first kappa shape index (κ1) is 35.0. The highest BCUT2D eigenvalue weighted by Crippen LogP contribution is 2.57. The first-order valence-corrected chi connectivity index (χ1v) is 21.0. The molecule has 61 heavy (non-hydrogen) atoms. The van der Waals surface area contributed by atoms with E-state index in [0.717, 1.165) is 44.4 Å². The maximum atomic E-state index is 6.95. The number of furan rings is 1. The van der Waals surface area contributed by atoms with Crippen LogP contribution in [-0.4, -0.2) is 0 Å². The summed E-state index contributed by atoms with van der Waals surface area (Å²) in [6.45, 7) is 0. The Morgan fingerprint density at radius 3 is 1.64 bits per heavy atom. The minimum Gasteiger partial charge on any atom is -0.455 e. The smallest absolute Gasteiger partial charge is 0.143 e. The van der Waals surface area contributed by atoms with Crippen LogP contribution in [0.5, 0.6) is 0 Å². The van der Waals surface area contributed by atoms with Gasteiger partial charge in [0, 0.05) is 39.3 Å². The van der Waals surface area contributed by atoms with Crippen molar-refractivity contribution in [1.82, 2.24) is 0 Å². The van der Waals surface area contributed by atoms with Crippen molar-refractivity contribution in [1.29, 1.82) is 0 Å². The highest BCUT2D eigenvalue weighted by molar-refractivity contribution is 6.19. The van der Waals surface area contributed by atoms with Gasteiger partial charge in [0.1, 0.15) is 11.2 Å². The Morgan fingerprint density at radius 2 is 0.885 bits per heavy atom. The zero-order chi connectivity index (χ0) is 40.3. The fourth-order valence-corrected chi connectivity index (χ4v) is 10.1. The molecule has 11 aromatic rings. The molecule has 0 fully saturated rings. The molecule has 1 heterocycles. The molecule has 286 valence electrons. The number of rotatable bonds is 7. The van der Waals surface area contributed by atoms with Crippen molar-refractivity contribution in [2.75, 3.05) is 4.90 Å². The minimum atomic E-state index is -0.505. The second kappa shape index (κ2) is 14.1. The van der Waals surface area contributed by atoms with Gasteiger partial charge in [-0.2, -0.15) is 0 Å². The van der Waals surface area contributed by atoms with Crippen molar-refractivity contribution < 1.29 is 4.42 Å². The van der Waals surface area contributed by atoms with E-state index in [1.54, 1.807) is 0 Å². The standard InChI is InChI=1S/C59H39NO/c1-5-18-40(19-6-1)41-20-17-21-42(36-41)53-39-54-51-35-33-47(38-57(51)61-58(54)52-30-14-13-28-48(52)53)60(45-26-11-4-12-27-45)46-32-34-50-49-29-15-16-31-55(49)59(56(50)37-46,43-22-7-2-8-23-43)44-24-9-3-10-25-44/h1-39H. The zero-order valence-corrected chi connectivity index (χ0v) is 33.4. The summed E-state index contributed by atoms with van der Waals surface area (Å²) in [5, 5.41) is 4.48. The molecular weight excluding hydrogens is 739 g/mol. The average Bonchev–Trinajstić information content (AvgIpc) is 3.86. The van der Waals surface area contributed by atoms with Gasteiger partial charge < -0.3 is 9.32 Å². The molecule has 0 atom stereocenters. The van der Waals surface area contributed by atoms with Crippen LogP contribution in [0, 0.1) is 0 Å². The Kier molecular flexibility index (Phi) is 8.11. The van der Waals surface area contributed by atoms with E-state index in [1.807, 2.05) is 0 Å². The van der Waals surface area contributed by atoms with Crippen molar-refractivity contribution in [3.05, 3.63) is 259 Å². The van der Waals surface area contributed by atoms with Crippen LogP contribution in [0.15, 0.2) is 241 Å². The van der Waals surface area contributed by atoms with Crippen molar-refractivity contribution >= 4 is 49.8 Å². The van der Waals surface area contributed by atoms with Crippen molar-refractivity contribution in [3.63, 3.8) is 0 Å². The quantitative estimate of drug-likeness (QED) is 0.160. The molecule has 2 nitrogen and oxygen atoms in total. The molecule has 0 unspecified atom stereocenters. The predicted molar refractivity (Wildman–Crippen MR) is 254 cm³/mol. The first-order valence-electron chi connectivity index (χ1n) is 21.0. The summed E-state index contributed by atoms with van der Waals surface area (Å²) in [5.41, 5.74) is 16.8. The molecule has 0 radical (unpaired) electrons. The van der Waals surface area contributed by atoms with Crippen LogP contribution in [0.1, 0.15) is 22.3 Å². The van der Waals surface area contributed by atoms with E-state index in [-0.39, 0.29) is 0 Å². The molecule has 1 aliphatic carbocycles. The molecule has 2 heteroatoms. The highest BCUT2D eigenvalue weighted by atomic mass is 16.3. The number of hydrogen-bond acceptors (Lipinski definition) is 2. The first-order chi connectivity index (χ1) is 30.3. The summed E-state index contributed by atoms with van der Waals surface area (Å²) in [6.07, 6.45) is 0. The Hall–Kier alpha value is -7.94. The number of benzene rings is 10. The lowest BCUT2D eigenvalue weighted by Crippen LogP contribution is -2.28. The molecule has 10 aromatic carbocycles. The average molecular weight is 778 g/mol. The van der Waals surface area contributed by atoms with Crippen molar-refractivity contribution in [3.8, 4) is 33.4 Å². The normalized spacial score (nSPS) is 12.7. The van der Waals surface area contributed by atoms with Crippen LogP contribution in [0.2, 0.25) is 0 Å². The summed E-state index contributed by atoms with van der Waals surface area (Å²) in [6, 6.07) is 85.8. The van der Waals surface area contributed by atoms with Crippen LogP contribution >= 0.6 is 0 Å². The summed E-state index contributed by atoms with van der Waals surface area (Å²) in [5.74, 6) is 0. The summed E-state index contributed by atoms with van der Waals surface area (Å²) in [4.78, 5) is 2.37. The van der Waals surface area contributed by atoms with Gasteiger partial charge in [0.25, 0.3) is 0 Å². The number of hydrogen-bond donors (Lipinski definition) is 0. The third-order valence-electron chi connectivity index (χ3n) is 12.7. The lowest BCUT2D eigenvalue weighted by atomic mass is 9.67. The van der Waals surface area contributed by atoms with Gasteiger partial charge in [-0.1, -0.05) is 182 Å². The molecule has 1 aliphatic rings. The van der Waals surface area contributed by atoms with Gasteiger partial charge in [-0.25, -0.2) is 0 Å². The molecule has 0 N–H and O–H groups in total. The molecule has 0 saturated carbocycles. The predicted octanol–water partition coefficient (Wildman–Crippen LogP) is 15.9. The minimum absolute atomic E-state index is 0.505. The van der Waals surface area contributed by atoms with E-state index < -0.39 is 5.41 Å².